The third-order valence-corrected chi connectivity index (χ3v) is 4.90. The molecule has 0 saturated carbocycles. The van der Waals surface area contributed by atoms with Crippen LogP contribution < -0.4 is 5.32 Å². The quantitative estimate of drug-likeness (QED) is 0.660. The topological polar surface area (TPSA) is 62.1 Å². The molecule has 0 bridgehead atoms. The Balaban J connectivity index is 2.52. The molecule has 1 aliphatic heterocycles. The van der Waals surface area contributed by atoms with Crippen LogP contribution in [-0.2, 0) is 9.53 Å². The van der Waals surface area contributed by atoms with Gasteiger partial charge in [0, 0.05) is 10.6 Å². The fourth-order valence-corrected chi connectivity index (χ4v) is 3.78. The van der Waals surface area contributed by atoms with Crippen molar-refractivity contribution in [2.45, 2.75) is 12.8 Å². The van der Waals surface area contributed by atoms with Crippen molar-refractivity contribution in [3.8, 4) is 6.07 Å². The Morgan fingerprint density at radius 1 is 1.68 bits per heavy atom. The molecule has 0 saturated heterocycles. The number of nitrogens with zero attached hydrogens (tertiary/aromatic N) is 1. The normalized spacial score (nSPS) is 17.8. The zero-order chi connectivity index (χ0) is 16.1. The number of allylic oxidation sites excluding steroid dienone is 2. The van der Waals surface area contributed by atoms with Crippen LogP contribution in [0.1, 0.15) is 17.7 Å². The highest BCUT2D eigenvalue weighted by molar-refractivity contribution is 8.02. The molecule has 0 aromatic carbocycles. The number of dihydropyridines is 1. The molecule has 0 spiro atoms. The van der Waals surface area contributed by atoms with Crippen molar-refractivity contribution in [2.75, 3.05) is 12.9 Å². The molecule has 22 heavy (non-hydrogen) atoms. The maximum atomic E-state index is 12.4. The second kappa shape index (κ2) is 7.34. The van der Waals surface area contributed by atoms with E-state index in [9.17, 15) is 10.1 Å². The molecule has 4 nitrogen and oxygen atoms in total. The van der Waals surface area contributed by atoms with Crippen molar-refractivity contribution in [2.24, 2.45) is 0 Å². The predicted molar refractivity (Wildman–Crippen MR) is 90.2 cm³/mol. The number of carbonyl (C=O) groups is 1. The molecule has 1 aliphatic rings. The van der Waals surface area contributed by atoms with Crippen LogP contribution in [0.25, 0.3) is 0 Å². The Morgan fingerprint density at radius 3 is 3.00 bits per heavy atom. The number of thioether (sulfide) groups is 1. The second-order valence-corrected chi connectivity index (χ2v) is 6.35. The molecule has 2 rings (SSSR count). The highest BCUT2D eigenvalue weighted by Crippen LogP contribution is 2.41. The Hall–Kier alpha value is -1.97. The molecule has 0 radical (unpaired) electrons. The maximum absolute atomic E-state index is 12.4. The van der Waals surface area contributed by atoms with Gasteiger partial charge in [0.25, 0.3) is 0 Å². The monoisotopic (exact) mass is 332 g/mol. The second-order valence-electron chi connectivity index (χ2n) is 4.56. The summed E-state index contributed by atoms with van der Waals surface area (Å²) in [7, 11) is 0. The summed E-state index contributed by atoms with van der Waals surface area (Å²) in [6, 6.07) is 6.09. The molecule has 0 aliphatic carbocycles. The fraction of sp³-hybridized carbons (Fsp3) is 0.250. The van der Waals surface area contributed by atoms with Crippen LogP contribution in [0.2, 0.25) is 0 Å². The summed E-state index contributed by atoms with van der Waals surface area (Å²) in [4.78, 5) is 13.4. The van der Waals surface area contributed by atoms with Crippen molar-refractivity contribution in [3.05, 3.63) is 56.9 Å². The molecule has 1 aromatic heterocycles. The lowest BCUT2D eigenvalue weighted by Crippen LogP contribution is -2.28. The van der Waals surface area contributed by atoms with Gasteiger partial charge in [-0.1, -0.05) is 18.7 Å². The van der Waals surface area contributed by atoms with Crippen molar-refractivity contribution in [3.63, 3.8) is 0 Å². The summed E-state index contributed by atoms with van der Waals surface area (Å²) < 4.78 is 5.20. The first-order valence-electron chi connectivity index (χ1n) is 6.61. The number of ether oxygens (including phenoxy) is 1. The van der Waals surface area contributed by atoms with Gasteiger partial charge in [-0.25, -0.2) is 4.79 Å². The van der Waals surface area contributed by atoms with Gasteiger partial charge in [-0.15, -0.1) is 23.1 Å². The maximum Gasteiger partial charge on any atom is 0.337 e. The largest absolute Gasteiger partial charge is 0.458 e. The molecule has 114 valence electrons. The van der Waals surface area contributed by atoms with Gasteiger partial charge in [0.1, 0.15) is 6.61 Å². The number of thiophene rings is 1. The van der Waals surface area contributed by atoms with Gasteiger partial charge in [0.2, 0.25) is 0 Å². The van der Waals surface area contributed by atoms with Crippen molar-refractivity contribution >= 4 is 29.1 Å². The lowest BCUT2D eigenvalue weighted by Gasteiger charge is -2.27. The molecule has 2 heterocycles. The Bertz CT molecular complexity index is 681. The van der Waals surface area contributed by atoms with Crippen molar-refractivity contribution in [1.82, 2.24) is 5.32 Å². The van der Waals surface area contributed by atoms with Crippen LogP contribution in [0.5, 0.6) is 0 Å². The van der Waals surface area contributed by atoms with Crippen LogP contribution in [0.3, 0.4) is 0 Å². The number of hydrogen-bond donors (Lipinski definition) is 1. The third-order valence-electron chi connectivity index (χ3n) is 3.23. The molecule has 0 fully saturated rings. The van der Waals surface area contributed by atoms with E-state index in [-0.39, 0.29) is 12.5 Å². The highest BCUT2D eigenvalue weighted by Gasteiger charge is 2.35. The van der Waals surface area contributed by atoms with E-state index in [1.54, 1.807) is 0 Å². The standard InChI is InChI=1S/C16H16N2O2S2/c1-4-7-20-16(19)13-10(2)18-15(21-3)11(9-17)14(13)12-6-5-8-22-12/h4-6,8,14,18H,1,7H2,2-3H3/t14-/m0/s1. The van der Waals surface area contributed by atoms with Crippen LogP contribution in [-0.4, -0.2) is 18.8 Å². The molecule has 0 unspecified atom stereocenters. The van der Waals surface area contributed by atoms with Crippen LogP contribution in [0.15, 0.2) is 52.0 Å². The molecule has 6 heteroatoms. The molecular weight excluding hydrogens is 316 g/mol. The summed E-state index contributed by atoms with van der Waals surface area (Å²) in [6.45, 7) is 5.53. The van der Waals surface area contributed by atoms with Gasteiger partial charge < -0.3 is 10.1 Å². The first kappa shape index (κ1) is 16.4. The smallest absolute Gasteiger partial charge is 0.337 e. The lowest BCUT2D eigenvalue weighted by atomic mass is 9.87. The summed E-state index contributed by atoms with van der Waals surface area (Å²) in [5, 5.41) is 15.4. The van der Waals surface area contributed by atoms with Gasteiger partial charge in [0.15, 0.2) is 0 Å². The predicted octanol–water partition coefficient (Wildman–Crippen LogP) is 3.54. The summed E-state index contributed by atoms with van der Waals surface area (Å²) in [6.07, 6.45) is 3.43. The average molecular weight is 332 g/mol. The molecule has 1 atom stereocenters. The lowest BCUT2D eigenvalue weighted by molar-refractivity contribution is -0.138. The molecule has 1 aromatic rings. The van der Waals surface area contributed by atoms with Gasteiger partial charge in [-0.3, -0.25) is 0 Å². The minimum atomic E-state index is -0.420. The minimum Gasteiger partial charge on any atom is -0.458 e. The minimum absolute atomic E-state index is 0.147. The van der Waals surface area contributed by atoms with E-state index in [2.05, 4.69) is 18.0 Å². The van der Waals surface area contributed by atoms with Gasteiger partial charge >= 0.3 is 5.97 Å². The van der Waals surface area contributed by atoms with Gasteiger partial charge in [-0.2, -0.15) is 5.26 Å². The van der Waals surface area contributed by atoms with E-state index in [1.165, 1.54) is 29.2 Å². The van der Waals surface area contributed by atoms with Crippen molar-refractivity contribution in [1.29, 1.82) is 5.26 Å². The van der Waals surface area contributed by atoms with E-state index >= 15 is 0 Å². The van der Waals surface area contributed by atoms with E-state index < -0.39 is 5.97 Å². The summed E-state index contributed by atoms with van der Waals surface area (Å²) in [5.41, 5.74) is 1.75. The third kappa shape index (κ3) is 3.11. The highest BCUT2D eigenvalue weighted by atomic mass is 32.2. The zero-order valence-corrected chi connectivity index (χ0v) is 14.0. The van der Waals surface area contributed by atoms with Gasteiger partial charge in [0.05, 0.1) is 28.2 Å². The van der Waals surface area contributed by atoms with E-state index in [1.807, 2.05) is 30.7 Å². The first-order valence-corrected chi connectivity index (χ1v) is 8.71. The van der Waals surface area contributed by atoms with Crippen LogP contribution in [0.4, 0.5) is 0 Å². The van der Waals surface area contributed by atoms with E-state index in [4.69, 9.17) is 4.74 Å². The summed E-state index contributed by atoms with van der Waals surface area (Å²) in [5.74, 6) is -0.804. The molecular formula is C16H16N2O2S2. The van der Waals surface area contributed by atoms with Crippen LogP contribution in [0, 0.1) is 11.3 Å². The molecule has 0 amide bonds. The number of rotatable bonds is 5. The Morgan fingerprint density at radius 2 is 2.45 bits per heavy atom. The number of esters is 1. The average Bonchev–Trinajstić information content (AvgIpc) is 3.05. The van der Waals surface area contributed by atoms with Crippen molar-refractivity contribution < 1.29 is 9.53 Å². The number of nitrogens with one attached hydrogen (secondary N) is 1. The Labute approximate surface area is 138 Å². The van der Waals surface area contributed by atoms with Gasteiger partial charge in [-0.05, 0) is 24.6 Å². The fourth-order valence-electron chi connectivity index (χ4n) is 2.30. The Kier molecular flexibility index (Phi) is 5.47. The number of nitriles is 1. The zero-order valence-electron chi connectivity index (χ0n) is 12.4. The summed E-state index contributed by atoms with van der Waals surface area (Å²) >= 11 is 2.99. The number of carbonyl (C=O) groups excluding carboxylic acids is 1. The number of hydrogen-bond acceptors (Lipinski definition) is 6. The van der Waals surface area contributed by atoms with E-state index in [0.29, 0.717) is 11.1 Å². The molecule has 1 N–H and O–H groups in total. The first-order chi connectivity index (χ1) is 10.6. The van der Waals surface area contributed by atoms with Crippen LogP contribution >= 0.6 is 23.1 Å². The SMILES string of the molecule is C=CCOC(=O)C1=C(C)NC(SC)=C(C#N)[C@H]1c1cccs1. The van der Waals surface area contributed by atoms with E-state index in [0.717, 1.165) is 15.6 Å².